The van der Waals surface area contributed by atoms with Crippen LogP contribution in [0.15, 0.2) is 27.6 Å². The zero-order valence-corrected chi connectivity index (χ0v) is 13.7. The summed E-state index contributed by atoms with van der Waals surface area (Å²) in [6, 6.07) is 4.76. The average molecular weight is 374 g/mol. The number of halogens is 1. The summed E-state index contributed by atoms with van der Waals surface area (Å²) in [5.41, 5.74) is 6.07. The van der Waals surface area contributed by atoms with Gasteiger partial charge in [-0.2, -0.15) is 4.31 Å². The number of rotatable bonds is 2. The molecular formula is C13H16BrN3O3S. The van der Waals surface area contributed by atoms with Crippen molar-refractivity contribution >= 4 is 37.5 Å². The number of nitrogens with zero attached hydrogens (tertiary/aromatic N) is 2. The molecule has 2 saturated heterocycles. The third-order valence-electron chi connectivity index (χ3n) is 4.05. The van der Waals surface area contributed by atoms with Gasteiger partial charge in [-0.25, -0.2) is 8.42 Å². The van der Waals surface area contributed by atoms with Gasteiger partial charge in [0, 0.05) is 36.6 Å². The number of anilines is 1. The number of nitrogens with two attached hydrogens (primary N) is 1. The van der Waals surface area contributed by atoms with Crippen LogP contribution in [0, 0.1) is 0 Å². The number of hydrogen-bond donors (Lipinski definition) is 1. The maximum atomic E-state index is 12.7. The second-order valence-corrected chi connectivity index (χ2v) is 8.15. The quantitative estimate of drug-likeness (QED) is 0.784. The van der Waals surface area contributed by atoms with Crippen LogP contribution in [-0.4, -0.2) is 49.2 Å². The first-order valence-electron chi connectivity index (χ1n) is 6.74. The molecule has 1 unspecified atom stereocenters. The molecule has 21 heavy (non-hydrogen) atoms. The molecule has 1 aromatic carbocycles. The summed E-state index contributed by atoms with van der Waals surface area (Å²) in [6.07, 6.45) is 1.24. The maximum Gasteiger partial charge on any atom is 0.245 e. The van der Waals surface area contributed by atoms with Gasteiger partial charge < -0.3 is 10.6 Å². The van der Waals surface area contributed by atoms with Crippen molar-refractivity contribution in [2.75, 3.05) is 25.4 Å². The molecule has 2 N–H and O–H groups in total. The van der Waals surface area contributed by atoms with Crippen molar-refractivity contribution < 1.29 is 13.2 Å². The third-order valence-corrected chi connectivity index (χ3v) is 6.48. The van der Waals surface area contributed by atoms with E-state index in [1.807, 2.05) is 0 Å². The van der Waals surface area contributed by atoms with E-state index in [1.165, 1.54) is 10.4 Å². The van der Waals surface area contributed by atoms with Crippen molar-refractivity contribution in [3.05, 3.63) is 22.7 Å². The van der Waals surface area contributed by atoms with E-state index in [1.54, 1.807) is 17.0 Å². The molecule has 0 aliphatic carbocycles. The zero-order valence-electron chi connectivity index (χ0n) is 11.3. The second-order valence-electron chi connectivity index (χ2n) is 5.32. The van der Waals surface area contributed by atoms with Crippen molar-refractivity contribution in [2.45, 2.75) is 23.8 Å². The molecule has 0 radical (unpaired) electrons. The molecule has 2 fully saturated rings. The first kappa shape index (κ1) is 14.8. The lowest BCUT2D eigenvalue weighted by Crippen LogP contribution is -2.53. The van der Waals surface area contributed by atoms with Crippen LogP contribution < -0.4 is 5.73 Å². The van der Waals surface area contributed by atoms with Gasteiger partial charge in [-0.15, -0.1) is 0 Å². The number of carbonyl (C=O) groups excluding carboxylic acids is 1. The van der Waals surface area contributed by atoms with Crippen LogP contribution in [0.25, 0.3) is 0 Å². The van der Waals surface area contributed by atoms with Gasteiger partial charge in [0.15, 0.2) is 0 Å². The van der Waals surface area contributed by atoms with Gasteiger partial charge in [-0.05, 0) is 24.6 Å². The van der Waals surface area contributed by atoms with E-state index >= 15 is 0 Å². The second kappa shape index (κ2) is 5.26. The first-order valence-corrected chi connectivity index (χ1v) is 8.97. The van der Waals surface area contributed by atoms with Crippen LogP contribution in [0.3, 0.4) is 0 Å². The number of hydrogen-bond acceptors (Lipinski definition) is 4. The highest BCUT2D eigenvalue weighted by Gasteiger charge is 2.39. The topological polar surface area (TPSA) is 83.7 Å². The van der Waals surface area contributed by atoms with Crippen LogP contribution in [0.1, 0.15) is 12.8 Å². The zero-order chi connectivity index (χ0) is 15.2. The van der Waals surface area contributed by atoms with Gasteiger partial charge >= 0.3 is 0 Å². The lowest BCUT2D eigenvalue weighted by Gasteiger charge is -2.36. The van der Waals surface area contributed by atoms with E-state index in [9.17, 15) is 13.2 Å². The molecule has 1 aromatic rings. The highest BCUT2D eigenvalue weighted by atomic mass is 79.9. The molecule has 2 aliphatic heterocycles. The SMILES string of the molecule is Nc1cc(Br)ccc1S(=O)(=O)N1CCN2C(=O)CCC2C1. The molecular weight excluding hydrogens is 358 g/mol. The van der Waals surface area contributed by atoms with E-state index in [2.05, 4.69) is 15.9 Å². The molecule has 1 amide bonds. The third kappa shape index (κ3) is 2.56. The summed E-state index contributed by atoms with van der Waals surface area (Å²) >= 11 is 3.27. The Kier molecular flexibility index (Phi) is 3.71. The van der Waals surface area contributed by atoms with E-state index in [-0.39, 0.29) is 22.5 Å². The standard InChI is InChI=1S/C13H16BrN3O3S/c14-9-1-3-12(11(15)7-9)21(19,20)16-5-6-17-10(8-16)2-4-13(17)18/h1,3,7,10H,2,4-6,8,15H2. The number of amides is 1. The summed E-state index contributed by atoms with van der Waals surface area (Å²) in [5.74, 6) is 0.125. The maximum absolute atomic E-state index is 12.7. The van der Waals surface area contributed by atoms with Gasteiger partial charge in [-0.3, -0.25) is 4.79 Å². The van der Waals surface area contributed by atoms with Gasteiger partial charge in [0.25, 0.3) is 0 Å². The number of piperazine rings is 1. The van der Waals surface area contributed by atoms with Gasteiger partial charge in [-0.1, -0.05) is 15.9 Å². The van der Waals surface area contributed by atoms with Crippen molar-refractivity contribution in [2.24, 2.45) is 0 Å². The Labute approximate surface area is 132 Å². The predicted octanol–water partition coefficient (Wildman–Crippen LogP) is 1.03. The van der Waals surface area contributed by atoms with Crippen molar-refractivity contribution in [3.8, 4) is 0 Å². The predicted molar refractivity (Wildman–Crippen MR) is 82.0 cm³/mol. The molecule has 8 heteroatoms. The summed E-state index contributed by atoms with van der Waals surface area (Å²) in [7, 11) is -3.62. The van der Waals surface area contributed by atoms with Crippen molar-refractivity contribution in [1.82, 2.24) is 9.21 Å². The molecule has 2 heterocycles. The highest BCUT2D eigenvalue weighted by Crippen LogP contribution is 2.29. The van der Waals surface area contributed by atoms with Crippen LogP contribution >= 0.6 is 15.9 Å². The van der Waals surface area contributed by atoms with E-state index in [0.717, 1.165) is 10.9 Å². The summed E-state index contributed by atoms with van der Waals surface area (Å²) < 4.78 is 27.6. The molecule has 0 aromatic heterocycles. The van der Waals surface area contributed by atoms with Crippen LogP contribution in [0.2, 0.25) is 0 Å². The Morgan fingerprint density at radius 2 is 2.05 bits per heavy atom. The Morgan fingerprint density at radius 3 is 2.76 bits per heavy atom. The van der Waals surface area contributed by atoms with Gasteiger partial charge in [0.05, 0.1) is 5.69 Å². The number of sulfonamides is 1. The number of nitrogen functional groups attached to an aromatic ring is 1. The highest BCUT2D eigenvalue weighted by molar-refractivity contribution is 9.10. The summed E-state index contributed by atoms with van der Waals surface area (Å²) in [5, 5.41) is 0. The van der Waals surface area contributed by atoms with Crippen LogP contribution in [-0.2, 0) is 14.8 Å². The molecule has 6 nitrogen and oxygen atoms in total. The normalized spacial score (nSPS) is 23.4. The van der Waals surface area contributed by atoms with Crippen LogP contribution in [0.5, 0.6) is 0 Å². The lowest BCUT2D eigenvalue weighted by atomic mass is 10.2. The summed E-state index contributed by atoms with van der Waals surface area (Å²) in [6.45, 7) is 1.13. The Hall–Kier alpha value is -1.12. The Balaban J connectivity index is 1.87. The van der Waals surface area contributed by atoms with Crippen molar-refractivity contribution in [1.29, 1.82) is 0 Å². The molecule has 2 aliphatic rings. The fourth-order valence-electron chi connectivity index (χ4n) is 2.95. The molecule has 0 saturated carbocycles. The smallest absolute Gasteiger partial charge is 0.245 e. The van der Waals surface area contributed by atoms with Gasteiger partial charge in [0.2, 0.25) is 15.9 Å². The minimum absolute atomic E-state index is 0.00213. The number of carbonyl (C=O) groups is 1. The fourth-order valence-corrected chi connectivity index (χ4v) is 4.89. The molecule has 114 valence electrons. The largest absolute Gasteiger partial charge is 0.398 e. The molecule has 0 bridgehead atoms. The van der Waals surface area contributed by atoms with Crippen LogP contribution in [0.4, 0.5) is 5.69 Å². The molecule has 1 atom stereocenters. The Bertz CT molecular complexity index is 692. The molecule has 3 rings (SSSR count). The minimum Gasteiger partial charge on any atom is -0.398 e. The van der Waals surface area contributed by atoms with E-state index < -0.39 is 10.0 Å². The number of fused-ring (bicyclic) bond motifs is 1. The average Bonchev–Trinajstić information content (AvgIpc) is 2.79. The van der Waals surface area contributed by atoms with E-state index in [0.29, 0.717) is 26.1 Å². The monoisotopic (exact) mass is 373 g/mol. The minimum atomic E-state index is -3.62. The number of benzene rings is 1. The van der Waals surface area contributed by atoms with Gasteiger partial charge in [0.1, 0.15) is 4.90 Å². The fraction of sp³-hybridized carbons (Fsp3) is 0.462. The molecule has 0 spiro atoms. The van der Waals surface area contributed by atoms with Crippen molar-refractivity contribution in [3.63, 3.8) is 0 Å². The Morgan fingerprint density at radius 1 is 1.29 bits per heavy atom. The lowest BCUT2D eigenvalue weighted by molar-refractivity contribution is -0.130. The first-order chi connectivity index (χ1) is 9.89. The summed E-state index contributed by atoms with van der Waals surface area (Å²) in [4.78, 5) is 13.6. The van der Waals surface area contributed by atoms with E-state index in [4.69, 9.17) is 5.73 Å².